The Hall–Kier alpha value is -2.40. The number of para-hydroxylation sites is 1. The second kappa shape index (κ2) is 8.15. The van der Waals surface area contributed by atoms with Crippen LogP contribution in [0.2, 0.25) is 0 Å². The summed E-state index contributed by atoms with van der Waals surface area (Å²) in [6, 6.07) is 15.3. The Kier molecular flexibility index (Phi) is 5.59. The van der Waals surface area contributed by atoms with E-state index in [2.05, 4.69) is 11.9 Å². The Labute approximate surface area is 172 Å². The van der Waals surface area contributed by atoms with E-state index in [1.165, 1.54) is 12.1 Å². The maximum atomic E-state index is 13.2. The largest absolute Gasteiger partial charge is 0.485 e. The number of hydrogen-bond acceptors (Lipinski definition) is 3. The highest BCUT2D eigenvalue weighted by Gasteiger charge is 2.42. The molecule has 1 amide bonds. The van der Waals surface area contributed by atoms with Gasteiger partial charge in [-0.3, -0.25) is 9.69 Å². The van der Waals surface area contributed by atoms with E-state index >= 15 is 0 Å². The Morgan fingerprint density at radius 3 is 2.55 bits per heavy atom. The normalized spacial score (nSPS) is 24.1. The Morgan fingerprint density at radius 1 is 1.17 bits per heavy atom. The molecule has 2 aromatic rings. The molecule has 2 aromatic carbocycles. The molecule has 1 heterocycles. The first-order valence-electron chi connectivity index (χ1n) is 10.4. The van der Waals surface area contributed by atoms with Crippen molar-refractivity contribution in [1.29, 1.82) is 0 Å². The molecule has 154 valence electrons. The number of nitrogens with zero attached hydrogens (tertiary/aromatic N) is 2. The van der Waals surface area contributed by atoms with Crippen molar-refractivity contribution in [3.05, 3.63) is 65.5 Å². The topological polar surface area (TPSA) is 32.8 Å². The van der Waals surface area contributed by atoms with Crippen molar-refractivity contribution >= 4 is 5.91 Å². The Bertz CT molecular complexity index is 859. The molecule has 2 aliphatic rings. The van der Waals surface area contributed by atoms with Crippen LogP contribution in [0.15, 0.2) is 48.5 Å². The highest BCUT2D eigenvalue weighted by Crippen LogP contribution is 2.39. The van der Waals surface area contributed by atoms with Gasteiger partial charge in [-0.2, -0.15) is 0 Å². The molecule has 1 aliphatic carbocycles. The molecule has 0 unspecified atom stereocenters. The average molecular weight is 397 g/mol. The van der Waals surface area contributed by atoms with Gasteiger partial charge in [0.25, 0.3) is 0 Å². The van der Waals surface area contributed by atoms with Crippen molar-refractivity contribution < 1.29 is 13.9 Å². The van der Waals surface area contributed by atoms with Gasteiger partial charge in [-0.15, -0.1) is 0 Å². The average Bonchev–Trinajstić information content (AvgIpc) is 2.87. The van der Waals surface area contributed by atoms with Crippen LogP contribution in [-0.4, -0.2) is 40.9 Å². The Morgan fingerprint density at radius 2 is 1.86 bits per heavy atom. The molecule has 1 aliphatic heterocycles. The van der Waals surface area contributed by atoms with E-state index < -0.39 is 0 Å². The summed E-state index contributed by atoms with van der Waals surface area (Å²) in [6.07, 6.45) is 3.88. The predicted octanol–water partition coefficient (Wildman–Crippen LogP) is 4.38. The number of ether oxygens (including phenoxy) is 1. The van der Waals surface area contributed by atoms with E-state index in [1.807, 2.05) is 41.3 Å². The number of halogens is 1. The first-order valence-corrected chi connectivity index (χ1v) is 10.4. The van der Waals surface area contributed by atoms with E-state index in [-0.39, 0.29) is 17.3 Å². The van der Waals surface area contributed by atoms with Gasteiger partial charge in [-0.1, -0.05) is 30.3 Å². The van der Waals surface area contributed by atoms with Crippen LogP contribution in [0.4, 0.5) is 4.39 Å². The molecule has 1 fully saturated rings. The number of amides is 1. The molecule has 1 saturated carbocycles. The molecule has 4 rings (SSSR count). The minimum Gasteiger partial charge on any atom is -0.485 e. The van der Waals surface area contributed by atoms with E-state index in [0.717, 1.165) is 49.1 Å². The summed E-state index contributed by atoms with van der Waals surface area (Å²) in [6.45, 7) is 3.71. The first-order chi connectivity index (χ1) is 13.9. The predicted molar refractivity (Wildman–Crippen MR) is 111 cm³/mol. The van der Waals surface area contributed by atoms with Gasteiger partial charge in [-0.25, -0.2) is 4.39 Å². The first kappa shape index (κ1) is 19.9. The zero-order valence-electron chi connectivity index (χ0n) is 17.2. The molecule has 0 atom stereocenters. The van der Waals surface area contributed by atoms with Gasteiger partial charge >= 0.3 is 0 Å². The van der Waals surface area contributed by atoms with Gasteiger partial charge in [0.15, 0.2) is 0 Å². The van der Waals surface area contributed by atoms with Crippen molar-refractivity contribution in [2.45, 2.75) is 57.3 Å². The van der Waals surface area contributed by atoms with Crippen LogP contribution in [0.3, 0.4) is 0 Å². The second-order valence-corrected chi connectivity index (χ2v) is 8.54. The van der Waals surface area contributed by atoms with Crippen LogP contribution in [0, 0.1) is 5.82 Å². The van der Waals surface area contributed by atoms with Gasteiger partial charge in [0.1, 0.15) is 17.2 Å². The van der Waals surface area contributed by atoms with Crippen LogP contribution >= 0.6 is 0 Å². The standard InChI is InChI=1S/C24H29FN2O2/c1-18(28)27-16-20-5-3-4-6-23(20)29-24(17-27)13-11-22(12-14-24)26(2)15-19-7-9-21(25)10-8-19/h3-10,22H,11-17H2,1-2H3. The van der Waals surface area contributed by atoms with Gasteiger partial charge in [0.05, 0.1) is 6.54 Å². The summed E-state index contributed by atoms with van der Waals surface area (Å²) in [5, 5.41) is 0. The number of carbonyl (C=O) groups excluding carboxylic acids is 1. The molecule has 1 spiro atoms. The minimum absolute atomic E-state index is 0.0974. The van der Waals surface area contributed by atoms with Gasteiger partial charge in [-0.05, 0) is 56.5 Å². The smallest absolute Gasteiger partial charge is 0.219 e. The molecule has 0 radical (unpaired) electrons. The highest BCUT2D eigenvalue weighted by atomic mass is 19.1. The van der Waals surface area contributed by atoms with Crippen LogP contribution in [-0.2, 0) is 17.9 Å². The van der Waals surface area contributed by atoms with E-state index in [4.69, 9.17) is 4.74 Å². The number of rotatable bonds is 3. The molecule has 0 saturated heterocycles. The summed E-state index contributed by atoms with van der Waals surface area (Å²) in [5.74, 6) is 0.812. The number of carbonyl (C=O) groups is 1. The third-order valence-electron chi connectivity index (χ3n) is 6.42. The third-order valence-corrected chi connectivity index (χ3v) is 6.42. The number of benzene rings is 2. The lowest BCUT2D eigenvalue weighted by molar-refractivity contribution is -0.132. The van der Waals surface area contributed by atoms with Crippen LogP contribution in [0.25, 0.3) is 0 Å². The van der Waals surface area contributed by atoms with E-state index in [1.54, 1.807) is 6.92 Å². The molecule has 0 aromatic heterocycles. The van der Waals surface area contributed by atoms with Gasteiger partial charge in [0, 0.05) is 31.6 Å². The lowest BCUT2D eigenvalue weighted by Gasteiger charge is -2.43. The van der Waals surface area contributed by atoms with Gasteiger partial charge in [0.2, 0.25) is 5.91 Å². The molecule has 4 nitrogen and oxygen atoms in total. The third kappa shape index (κ3) is 4.45. The minimum atomic E-state index is -0.314. The summed E-state index contributed by atoms with van der Waals surface area (Å²) >= 11 is 0. The SMILES string of the molecule is CC(=O)N1Cc2ccccc2OC2(CCC(N(C)Cc3ccc(F)cc3)CC2)C1. The summed E-state index contributed by atoms with van der Waals surface area (Å²) in [7, 11) is 2.14. The molecule has 0 bridgehead atoms. The van der Waals surface area contributed by atoms with Crippen LogP contribution < -0.4 is 4.74 Å². The van der Waals surface area contributed by atoms with Crippen molar-refractivity contribution in [2.75, 3.05) is 13.6 Å². The molecule has 29 heavy (non-hydrogen) atoms. The quantitative estimate of drug-likeness (QED) is 0.772. The molecule has 5 heteroatoms. The van der Waals surface area contributed by atoms with Crippen molar-refractivity contribution in [3.8, 4) is 5.75 Å². The van der Waals surface area contributed by atoms with Crippen molar-refractivity contribution in [2.24, 2.45) is 0 Å². The summed E-state index contributed by atoms with van der Waals surface area (Å²) in [4.78, 5) is 16.5. The molecular weight excluding hydrogens is 367 g/mol. The van der Waals surface area contributed by atoms with Crippen LogP contribution in [0.5, 0.6) is 5.75 Å². The van der Waals surface area contributed by atoms with Crippen LogP contribution in [0.1, 0.15) is 43.7 Å². The summed E-state index contributed by atoms with van der Waals surface area (Å²) < 4.78 is 19.7. The Balaban J connectivity index is 1.45. The van der Waals surface area contributed by atoms with Crippen molar-refractivity contribution in [1.82, 2.24) is 9.80 Å². The monoisotopic (exact) mass is 396 g/mol. The number of hydrogen-bond donors (Lipinski definition) is 0. The fourth-order valence-corrected chi connectivity index (χ4v) is 4.67. The van der Waals surface area contributed by atoms with Gasteiger partial charge < -0.3 is 9.64 Å². The second-order valence-electron chi connectivity index (χ2n) is 8.54. The van der Waals surface area contributed by atoms with E-state index in [9.17, 15) is 9.18 Å². The van der Waals surface area contributed by atoms with Crippen molar-refractivity contribution in [3.63, 3.8) is 0 Å². The van der Waals surface area contributed by atoms with E-state index in [0.29, 0.717) is 19.1 Å². The zero-order valence-corrected chi connectivity index (χ0v) is 17.2. The maximum Gasteiger partial charge on any atom is 0.219 e. The summed E-state index contributed by atoms with van der Waals surface area (Å²) in [5.41, 5.74) is 1.89. The molecular formula is C24H29FN2O2. The lowest BCUT2D eigenvalue weighted by Crippen LogP contribution is -2.51. The number of fused-ring (bicyclic) bond motifs is 1. The zero-order chi connectivity index (χ0) is 20.4. The fourth-order valence-electron chi connectivity index (χ4n) is 4.67. The highest BCUT2D eigenvalue weighted by molar-refractivity contribution is 5.73. The lowest BCUT2D eigenvalue weighted by atomic mass is 9.81. The molecule has 0 N–H and O–H groups in total. The fraction of sp³-hybridized carbons (Fsp3) is 0.458. The maximum absolute atomic E-state index is 13.2.